The van der Waals surface area contributed by atoms with E-state index in [1.807, 2.05) is 12.1 Å². The van der Waals surface area contributed by atoms with E-state index in [0.717, 1.165) is 11.1 Å². The van der Waals surface area contributed by atoms with Crippen LogP contribution >= 0.6 is 0 Å². The molecule has 0 bridgehead atoms. The van der Waals surface area contributed by atoms with Gasteiger partial charge in [-0.3, -0.25) is 0 Å². The van der Waals surface area contributed by atoms with Crippen molar-refractivity contribution in [1.82, 2.24) is 0 Å². The molecule has 0 aromatic heterocycles. The molecular formula is C14H14FN. The first-order valence-corrected chi connectivity index (χ1v) is 5.20. The normalized spacial score (nSPS) is 10.4. The fraction of sp³-hybridized carbons (Fsp3) is 0.143. The van der Waals surface area contributed by atoms with Gasteiger partial charge in [-0.05, 0) is 48.7 Å². The summed E-state index contributed by atoms with van der Waals surface area (Å²) in [5, 5.41) is 0. The van der Waals surface area contributed by atoms with E-state index >= 15 is 0 Å². The Morgan fingerprint density at radius 2 is 1.69 bits per heavy atom. The maximum Gasteiger partial charge on any atom is 0.125 e. The van der Waals surface area contributed by atoms with Crippen LogP contribution in [0.4, 0.5) is 10.1 Å². The van der Waals surface area contributed by atoms with E-state index < -0.39 is 0 Å². The predicted molar refractivity (Wildman–Crippen MR) is 65.7 cm³/mol. The van der Waals surface area contributed by atoms with Gasteiger partial charge in [0.15, 0.2) is 0 Å². The minimum Gasteiger partial charge on any atom is -0.398 e. The van der Waals surface area contributed by atoms with Crippen LogP contribution in [-0.2, 0) is 0 Å². The number of hydrogen-bond acceptors (Lipinski definition) is 1. The molecule has 1 nitrogen and oxygen atoms in total. The molecule has 0 heterocycles. The average Bonchev–Trinajstić information content (AvgIpc) is 2.22. The summed E-state index contributed by atoms with van der Waals surface area (Å²) in [6, 6.07) is 10.6. The Morgan fingerprint density at radius 3 is 2.31 bits per heavy atom. The number of benzene rings is 2. The summed E-state index contributed by atoms with van der Waals surface area (Å²) >= 11 is 0. The van der Waals surface area contributed by atoms with Gasteiger partial charge in [0.25, 0.3) is 0 Å². The van der Waals surface area contributed by atoms with Crippen molar-refractivity contribution in [3.05, 3.63) is 53.3 Å². The van der Waals surface area contributed by atoms with Crippen LogP contribution in [0.1, 0.15) is 11.1 Å². The lowest BCUT2D eigenvalue weighted by molar-refractivity contribution is 0.628. The summed E-state index contributed by atoms with van der Waals surface area (Å²) in [4.78, 5) is 0. The zero-order valence-electron chi connectivity index (χ0n) is 9.42. The molecule has 0 unspecified atom stereocenters. The zero-order valence-corrected chi connectivity index (χ0v) is 9.42. The van der Waals surface area contributed by atoms with Gasteiger partial charge in [-0.1, -0.05) is 18.2 Å². The lowest BCUT2D eigenvalue weighted by Crippen LogP contribution is -1.92. The summed E-state index contributed by atoms with van der Waals surface area (Å²) in [5.41, 5.74) is 10.6. The van der Waals surface area contributed by atoms with E-state index in [0.29, 0.717) is 5.69 Å². The van der Waals surface area contributed by atoms with Gasteiger partial charge in [-0.15, -0.1) is 0 Å². The van der Waals surface area contributed by atoms with Crippen LogP contribution in [0.3, 0.4) is 0 Å². The van der Waals surface area contributed by atoms with Gasteiger partial charge < -0.3 is 5.73 Å². The Kier molecular flexibility index (Phi) is 2.65. The number of nitrogen functional groups attached to an aromatic ring is 1. The van der Waals surface area contributed by atoms with Crippen LogP contribution < -0.4 is 5.73 Å². The second-order valence-corrected chi connectivity index (χ2v) is 4.03. The molecule has 2 aromatic rings. The Bertz CT molecular complexity index is 532. The molecule has 0 aliphatic rings. The molecule has 2 N–H and O–H groups in total. The minimum atomic E-state index is -0.301. The highest BCUT2D eigenvalue weighted by Crippen LogP contribution is 2.27. The first-order chi connectivity index (χ1) is 7.58. The molecule has 0 aliphatic heterocycles. The van der Waals surface area contributed by atoms with Gasteiger partial charge in [0.2, 0.25) is 0 Å². The Labute approximate surface area is 94.7 Å². The van der Waals surface area contributed by atoms with Crippen molar-refractivity contribution >= 4 is 5.69 Å². The van der Waals surface area contributed by atoms with E-state index in [9.17, 15) is 4.39 Å². The second-order valence-electron chi connectivity index (χ2n) is 4.03. The molecule has 0 spiro atoms. The molecule has 2 heteroatoms. The third-order valence-electron chi connectivity index (χ3n) is 2.83. The van der Waals surface area contributed by atoms with Gasteiger partial charge >= 0.3 is 0 Å². The molecule has 82 valence electrons. The molecule has 0 saturated heterocycles. The van der Waals surface area contributed by atoms with Crippen LogP contribution in [0.15, 0.2) is 36.4 Å². The predicted octanol–water partition coefficient (Wildman–Crippen LogP) is 3.69. The monoisotopic (exact) mass is 215 g/mol. The van der Waals surface area contributed by atoms with Crippen molar-refractivity contribution in [3.8, 4) is 11.1 Å². The van der Waals surface area contributed by atoms with Crippen LogP contribution in [0.25, 0.3) is 11.1 Å². The minimum absolute atomic E-state index is 0.301. The SMILES string of the molecule is Cc1ccc(-c2ccc(F)cc2N)cc1C. The molecule has 0 atom stereocenters. The number of nitrogens with two attached hydrogens (primary N) is 1. The van der Waals surface area contributed by atoms with Crippen molar-refractivity contribution in [2.45, 2.75) is 13.8 Å². The van der Waals surface area contributed by atoms with Crippen molar-refractivity contribution in [3.63, 3.8) is 0 Å². The molecule has 0 fully saturated rings. The Morgan fingerprint density at radius 1 is 0.938 bits per heavy atom. The average molecular weight is 215 g/mol. The number of aryl methyl sites for hydroxylation is 2. The zero-order chi connectivity index (χ0) is 11.7. The third kappa shape index (κ3) is 1.91. The van der Waals surface area contributed by atoms with Crippen molar-refractivity contribution in [2.75, 3.05) is 5.73 Å². The summed E-state index contributed by atoms with van der Waals surface area (Å²) < 4.78 is 12.9. The topological polar surface area (TPSA) is 26.0 Å². The maximum absolute atomic E-state index is 12.9. The quantitative estimate of drug-likeness (QED) is 0.721. The Hall–Kier alpha value is -1.83. The van der Waals surface area contributed by atoms with Crippen LogP contribution in [0.5, 0.6) is 0 Å². The van der Waals surface area contributed by atoms with Gasteiger partial charge in [0.1, 0.15) is 5.82 Å². The largest absolute Gasteiger partial charge is 0.398 e. The highest BCUT2D eigenvalue weighted by molar-refractivity contribution is 5.76. The molecule has 0 saturated carbocycles. The molecule has 0 amide bonds. The highest BCUT2D eigenvalue weighted by atomic mass is 19.1. The van der Waals surface area contributed by atoms with E-state index in [4.69, 9.17) is 5.73 Å². The molecule has 2 aromatic carbocycles. The molecule has 0 aliphatic carbocycles. The first-order valence-electron chi connectivity index (χ1n) is 5.20. The van der Waals surface area contributed by atoms with E-state index in [2.05, 4.69) is 19.9 Å². The van der Waals surface area contributed by atoms with Gasteiger partial charge in [-0.2, -0.15) is 0 Å². The van der Waals surface area contributed by atoms with Gasteiger partial charge in [-0.25, -0.2) is 4.39 Å². The van der Waals surface area contributed by atoms with E-state index in [1.54, 1.807) is 6.07 Å². The summed E-state index contributed by atoms with van der Waals surface area (Å²) in [6.07, 6.45) is 0. The maximum atomic E-state index is 12.9. The van der Waals surface area contributed by atoms with Crippen LogP contribution in [0.2, 0.25) is 0 Å². The molecule has 16 heavy (non-hydrogen) atoms. The van der Waals surface area contributed by atoms with Crippen molar-refractivity contribution < 1.29 is 4.39 Å². The second kappa shape index (κ2) is 3.97. The van der Waals surface area contributed by atoms with Crippen molar-refractivity contribution in [1.29, 1.82) is 0 Å². The number of rotatable bonds is 1. The summed E-state index contributed by atoms with van der Waals surface area (Å²) in [5.74, 6) is -0.301. The standard InChI is InChI=1S/C14H14FN/c1-9-3-4-11(7-10(9)2)13-6-5-12(15)8-14(13)16/h3-8H,16H2,1-2H3. The van der Waals surface area contributed by atoms with E-state index in [1.165, 1.54) is 23.3 Å². The molecule has 2 rings (SSSR count). The van der Waals surface area contributed by atoms with Crippen LogP contribution in [-0.4, -0.2) is 0 Å². The molecule has 0 radical (unpaired) electrons. The van der Waals surface area contributed by atoms with Gasteiger partial charge in [0, 0.05) is 11.3 Å². The van der Waals surface area contributed by atoms with Crippen LogP contribution in [0, 0.1) is 19.7 Å². The highest BCUT2D eigenvalue weighted by Gasteiger charge is 2.04. The van der Waals surface area contributed by atoms with Gasteiger partial charge in [0.05, 0.1) is 0 Å². The summed E-state index contributed by atoms with van der Waals surface area (Å²) in [6.45, 7) is 4.12. The third-order valence-corrected chi connectivity index (χ3v) is 2.83. The lowest BCUT2D eigenvalue weighted by atomic mass is 9.99. The van der Waals surface area contributed by atoms with Crippen molar-refractivity contribution in [2.24, 2.45) is 0 Å². The Balaban J connectivity index is 2.54. The molecular weight excluding hydrogens is 201 g/mol. The van der Waals surface area contributed by atoms with E-state index in [-0.39, 0.29) is 5.82 Å². The summed E-state index contributed by atoms with van der Waals surface area (Å²) in [7, 11) is 0. The fourth-order valence-corrected chi connectivity index (χ4v) is 1.71. The number of halogens is 1. The first kappa shape index (κ1) is 10.7. The fourth-order valence-electron chi connectivity index (χ4n) is 1.71. The number of hydrogen-bond donors (Lipinski definition) is 1. The number of anilines is 1. The lowest BCUT2D eigenvalue weighted by Gasteiger charge is -2.08. The smallest absolute Gasteiger partial charge is 0.125 e.